The third-order valence-electron chi connectivity index (χ3n) is 5.75. The molecule has 26 heavy (non-hydrogen) atoms. The van der Waals surface area contributed by atoms with E-state index in [1.165, 1.54) is 24.0 Å². The average Bonchev–Trinajstić information content (AvgIpc) is 3.28. The lowest BCUT2D eigenvalue weighted by molar-refractivity contribution is -0.135. The second-order valence-electron chi connectivity index (χ2n) is 7.36. The highest BCUT2D eigenvalue weighted by Gasteiger charge is 2.29. The first-order valence-corrected chi connectivity index (χ1v) is 9.68. The normalized spacial score (nSPS) is 18.0. The second kappa shape index (κ2) is 7.62. The Morgan fingerprint density at radius 2 is 2.00 bits per heavy atom. The van der Waals surface area contributed by atoms with Gasteiger partial charge < -0.3 is 14.2 Å². The van der Waals surface area contributed by atoms with Crippen molar-refractivity contribution in [1.29, 1.82) is 0 Å². The fourth-order valence-corrected chi connectivity index (χ4v) is 4.35. The average molecular weight is 353 g/mol. The Hall–Kier alpha value is -2.14. The number of hydrogen-bond acceptors (Lipinski definition) is 3. The second-order valence-corrected chi connectivity index (χ2v) is 7.36. The van der Waals surface area contributed by atoms with E-state index in [0.29, 0.717) is 12.5 Å². The van der Waals surface area contributed by atoms with E-state index in [-0.39, 0.29) is 5.92 Å². The molecule has 1 saturated carbocycles. The molecule has 0 unspecified atom stereocenters. The molecule has 2 aliphatic rings. The summed E-state index contributed by atoms with van der Waals surface area (Å²) in [5, 5.41) is 0. The minimum Gasteiger partial charge on any atom is -0.380 e. The Kier molecular flexibility index (Phi) is 5.07. The number of imidazole rings is 1. The van der Waals surface area contributed by atoms with Crippen LogP contribution in [0.1, 0.15) is 37.1 Å². The maximum atomic E-state index is 12.8. The largest absolute Gasteiger partial charge is 0.380 e. The third-order valence-corrected chi connectivity index (χ3v) is 5.75. The number of hydrogen-bond donors (Lipinski definition) is 0. The zero-order valence-corrected chi connectivity index (χ0v) is 15.5. The predicted molar refractivity (Wildman–Crippen MR) is 101 cm³/mol. The first-order chi connectivity index (χ1) is 12.8. The topological polar surface area (TPSA) is 47.4 Å². The first kappa shape index (κ1) is 17.3. The summed E-state index contributed by atoms with van der Waals surface area (Å²) >= 11 is 0. The molecule has 2 aromatic rings. The van der Waals surface area contributed by atoms with Gasteiger partial charge >= 0.3 is 0 Å². The zero-order valence-electron chi connectivity index (χ0n) is 15.5. The molecule has 1 aliphatic carbocycles. The van der Waals surface area contributed by atoms with E-state index in [4.69, 9.17) is 4.74 Å². The van der Waals surface area contributed by atoms with Crippen molar-refractivity contribution in [3.8, 4) is 11.3 Å². The van der Waals surface area contributed by atoms with E-state index >= 15 is 0 Å². The van der Waals surface area contributed by atoms with Crippen LogP contribution < -0.4 is 0 Å². The molecular formula is C21H27N3O2. The van der Waals surface area contributed by atoms with Gasteiger partial charge in [0.05, 0.1) is 18.5 Å². The van der Waals surface area contributed by atoms with Crippen molar-refractivity contribution in [2.24, 2.45) is 5.92 Å². The Morgan fingerprint density at radius 3 is 2.81 bits per heavy atom. The number of carbonyl (C=O) groups is 1. The SMILES string of the molecule is COCc1ccccc1-c1cnc2n1CCN(C(=O)C1CCCC1)CC2. The maximum absolute atomic E-state index is 12.8. The zero-order chi connectivity index (χ0) is 17.9. The Morgan fingerprint density at radius 1 is 1.19 bits per heavy atom. The van der Waals surface area contributed by atoms with Crippen molar-refractivity contribution in [3.63, 3.8) is 0 Å². The lowest BCUT2D eigenvalue weighted by Gasteiger charge is -2.23. The van der Waals surface area contributed by atoms with Crippen LogP contribution in [0.15, 0.2) is 30.5 Å². The number of methoxy groups -OCH3 is 1. The number of aromatic nitrogens is 2. The molecule has 0 bridgehead atoms. The predicted octanol–water partition coefficient (Wildman–Crippen LogP) is 3.27. The summed E-state index contributed by atoms with van der Waals surface area (Å²) in [4.78, 5) is 19.5. The minimum atomic E-state index is 0.252. The number of carbonyl (C=O) groups excluding carboxylic acids is 1. The Labute approximate surface area is 155 Å². The van der Waals surface area contributed by atoms with Crippen LogP contribution in [0.3, 0.4) is 0 Å². The van der Waals surface area contributed by atoms with Crippen LogP contribution >= 0.6 is 0 Å². The van der Waals surface area contributed by atoms with Gasteiger partial charge in [-0.15, -0.1) is 0 Å². The van der Waals surface area contributed by atoms with Crippen molar-refractivity contribution < 1.29 is 9.53 Å². The van der Waals surface area contributed by atoms with E-state index in [1.807, 2.05) is 12.3 Å². The van der Waals surface area contributed by atoms with Crippen LogP contribution in [0.25, 0.3) is 11.3 Å². The fourth-order valence-electron chi connectivity index (χ4n) is 4.35. The van der Waals surface area contributed by atoms with Crippen LogP contribution in [0.4, 0.5) is 0 Å². The molecule has 0 N–H and O–H groups in total. The molecule has 4 rings (SSSR count). The lowest BCUT2D eigenvalue weighted by atomic mass is 10.1. The summed E-state index contributed by atoms with van der Waals surface area (Å²) in [6.07, 6.45) is 7.33. The van der Waals surface area contributed by atoms with Crippen molar-refractivity contribution >= 4 is 5.91 Å². The molecule has 0 radical (unpaired) electrons. The minimum absolute atomic E-state index is 0.252. The Balaban J connectivity index is 1.56. The highest BCUT2D eigenvalue weighted by atomic mass is 16.5. The summed E-state index contributed by atoms with van der Waals surface area (Å²) < 4.78 is 7.65. The number of amides is 1. The molecule has 5 nitrogen and oxygen atoms in total. The summed E-state index contributed by atoms with van der Waals surface area (Å²) in [5.41, 5.74) is 3.47. The van der Waals surface area contributed by atoms with Crippen LogP contribution in [0.2, 0.25) is 0 Å². The first-order valence-electron chi connectivity index (χ1n) is 9.68. The van der Waals surface area contributed by atoms with Gasteiger partial charge in [-0.2, -0.15) is 0 Å². The molecule has 1 amide bonds. The molecule has 2 heterocycles. The van der Waals surface area contributed by atoms with Crippen LogP contribution in [0.5, 0.6) is 0 Å². The fraction of sp³-hybridized carbons (Fsp3) is 0.524. The molecule has 138 valence electrons. The van der Waals surface area contributed by atoms with E-state index in [2.05, 4.69) is 32.7 Å². The van der Waals surface area contributed by atoms with Crippen molar-refractivity contribution in [3.05, 3.63) is 41.9 Å². The van der Waals surface area contributed by atoms with Gasteiger partial charge in [0.1, 0.15) is 5.82 Å². The summed E-state index contributed by atoms with van der Waals surface area (Å²) in [6.45, 7) is 2.96. The number of nitrogens with zero attached hydrogens (tertiary/aromatic N) is 3. The number of benzene rings is 1. The molecule has 0 atom stereocenters. The lowest BCUT2D eigenvalue weighted by Crippen LogP contribution is -2.37. The maximum Gasteiger partial charge on any atom is 0.225 e. The number of fused-ring (bicyclic) bond motifs is 1. The van der Waals surface area contributed by atoms with Gasteiger partial charge in [-0.25, -0.2) is 4.98 Å². The van der Waals surface area contributed by atoms with Crippen LogP contribution in [0, 0.1) is 5.92 Å². The van der Waals surface area contributed by atoms with Gasteiger partial charge in [0.2, 0.25) is 5.91 Å². The number of rotatable bonds is 4. The van der Waals surface area contributed by atoms with E-state index in [1.54, 1.807) is 7.11 Å². The van der Waals surface area contributed by atoms with Gasteiger partial charge in [0.15, 0.2) is 0 Å². The van der Waals surface area contributed by atoms with Gasteiger partial charge in [-0.1, -0.05) is 37.1 Å². The highest BCUT2D eigenvalue weighted by molar-refractivity contribution is 5.79. The molecular weight excluding hydrogens is 326 g/mol. The monoisotopic (exact) mass is 353 g/mol. The van der Waals surface area contributed by atoms with Gasteiger partial charge in [-0.05, 0) is 18.4 Å². The summed E-state index contributed by atoms with van der Waals surface area (Å²) in [7, 11) is 1.72. The molecule has 0 saturated heterocycles. The van der Waals surface area contributed by atoms with E-state index in [9.17, 15) is 4.79 Å². The number of ether oxygens (including phenoxy) is 1. The van der Waals surface area contributed by atoms with Gasteiger partial charge in [0.25, 0.3) is 0 Å². The van der Waals surface area contributed by atoms with Crippen LogP contribution in [-0.2, 0) is 29.1 Å². The van der Waals surface area contributed by atoms with Crippen LogP contribution in [-0.4, -0.2) is 40.6 Å². The van der Waals surface area contributed by atoms with Gasteiger partial charge in [0, 0.05) is 44.6 Å². The van der Waals surface area contributed by atoms with E-state index in [0.717, 1.165) is 50.4 Å². The standard InChI is InChI=1S/C21H27N3O2/c1-26-15-17-8-4-5-9-18(17)19-14-22-20-10-11-23(12-13-24(19)20)21(25)16-6-2-3-7-16/h4-5,8-9,14,16H,2-3,6-7,10-13,15H2,1H3. The quantitative estimate of drug-likeness (QED) is 0.847. The summed E-state index contributed by atoms with van der Waals surface area (Å²) in [6, 6.07) is 8.33. The molecule has 1 aromatic carbocycles. The van der Waals surface area contributed by atoms with Crippen molar-refractivity contribution in [2.75, 3.05) is 20.2 Å². The smallest absolute Gasteiger partial charge is 0.225 e. The molecule has 1 aromatic heterocycles. The molecule has 1 aliphatic heterocycles. The highest BCUT2D eigenvalue weighted by Crippen LogP contribution is 2.29. The van der Waals surface area contributed by atoms with Crippen molar-refractivity contribution in [1.82, 2.24) is 14.5 Å². The van der Waals surface area contributed by atoms with E-state index < -0.39 is 0 Å². The third kappa shape index (κ3) is 3.28. The molecule has 5 heteroatoms. The van der Waals surface area contributed by atoms with Crippen molar-refractivity contribution in [2.45, 2.75) is 45.3 Å². The Bertz CT molecular complexity index is 777. The summed E-state index contributed by atoms with van der Waals surface area (Å²) in [5.74, 6) is 1.69. The molecule has 0 spiro atoms. The van der Waals surface area contributed by atoms with Gasteiger partial charge in [-0.3, -0.25) is 4.79 Å². The molecule has 1 fully saturated rings.